The fourth-order valence-electron chi connectivity index (χ4n) is 2.05. The molecule has 2 heterocycles. The van der Waals surface area contributed by atoms with Gasteiger partial charge in [0.25, 0.3) is 5.56 Å². The van der Waals surface area contributed by atoms with Gasteiger partial charge in [-0.2, -0.15) is 5.26 Å². The van der Waals surface area contributed by atoms with Crippen molar-refractivity contribution in [2.75, 3.05) is 0 Å². The number of rotatable bonds is 3. The Bertz CT molecular complexity index is 887. The molecule has 22 heavy (non-hydrogen) atoms. The second-order valence-corrected chi connectivity index (χ2v) is 5.19. The molecule has 0 fully saturated rings. The Morgan fingerprint density at radius 2 is 2.00 bits per heavy atom. The fraction of sp³-hybridized carbons (Fsp3) is 0. The standard InChI is InChI=1S/C15H11N5OS/c16-7-10-1-3-11(4-2-10)13-9-19-20(15(13)21)14-6-5-12(22-17)8-18-14/h1-6,8-9,19H,17H2. The highest BCUT2D eigenvalue weighted by Gasteiger charge is 2.10. The molecule has 1 aromatic carbocycles. The van der Waals surface area contributed by atoms with Crippen molar-refractivity contribution < 1.29 is 0 Å². The van der Waals surface area contributed by atoms with Crippen LogP contribution in [-0.2, 0) is 0 Å². The third kappa shape index (κ3) is 2.53. The van der Waals surface area contributed by atoms with Crippen molar-refractivity contribution in [1.82, 2.24) is 14.8 Å². The Morgan fingerprint density at radius 3 is 2.59 bits per heavy atom. The van der Waals surface area contributed by atoms with Gasteiger partial charge in [-0.25, -0.2) is 9.67 Å². The van der Waals surface area contributed by atoms with Gasteiger partial charge in [-0.05, 0) is 41.8 Å². The normalized spacial score (nSPS) is 10.4. The first kappa shape index (κ1) is 14.1. The molecule has 0 amide bonds. The van der Waals surface area contributed by atoms with Crippen molar-refractivity contribution >= 4 is 11.9 Å². The van der Waals surface area contributed by atoms with Crippen LogP contribution >= 0.6 is 11.9 Å². The molecule has 0 saturated heterocycles. The smallest absolute Gasteiger partial charge is 0.280 e. The summed E-state index contributed by atoms with van der Waals surface area (Å²) < 4.78 is 1.36. The first-order valence-electron chi connectivity index (χ1n) is 6.37. The van der Waals surface area contributed by atoms with E-state index >= 15 is 0 Å². The third-order valence-electron chi connectivity index (χ3n) is 3.18. The van der Waals surface area contributed by atoms with Gasteiger partial charge in [0.1, 0.15) is 0 Å². The van der Waals surface area contributed by atoms with E-state index in [0.29, 0.717) is 16.9 Å². The van der Waals surface area contributed by atoms with Gasteiger partial charge in [-0.1, -0.05) is 12.1 Å². The highest BCUT2D eigenvalue weighted by molar-refractivity contribution is 7.97. The van der Waals surface area contributed by atoms with Crippen LogP contribution in [0.4, 0.5) is 0 Å². The van der Waals surface area contributed by atoms with Crippen LogP contribution in [0.2, 0.25) is 0 Å². The van der Waals surface area contributed by atoms with E-state index in [1.165, 1.54) is 4.68 Å². The summed E-state index contributed by atoms with van der Waals surface area (Å²) in [5.74, 6) is 0.489. The van der Waals surface area contributed by atoms with Crippen LogP contribution in [0.1, 0.15) is 5.56 Å². The molecule has 0 aliphatic rings. The molecule has 6 nitrogen and oxygen atoms in total. The van der Waals surface area contributed by atoms with Crippen LogP contribution in [0.3, 0.4) is 0 Å². The lowest BCUT2D eigenvalue weighted by Crippen LogP contribution is -2.16. The minimum absolute atomic E-state index is 0.203. The van der Waals surface area contributed by atoms with E-state index in [0.717, 1.165) is 22.4 Å². The number of nitrogens with two attached hydrogens (primary N) is 1. The van der Waals surface area contributed by atoms with Crippen molar-refractivity contribution in [1.29, 1.82) is 5.26 Å². The van der Waals surface area contributed by atoms with Crippen LogP contribution < -0.4 is 10.7 Å². The minimum Gasteiger partial charge on any atom is -0.296 e. The molecule has 2 aromatic heterocycles. The summed E-state index contributed by atoms with van der Waals surface area (Å²) in [6, 6.07) is 12.4. The van der Waals surface area contributed by atoms with Crippen molar-refractivity contribution in [3.05, 3.63) is 64.7 Å². The predicted octanol–water partition coefficient (Wildman–Crippen LogP) is 2.07. The van der Waals surface area contributed by atoms with Crippen LogP contribution in [0, 0.1) is 11.3 Å². The van der Waals surface area contributed by atoms with Crippen molar-refractivity contribution in [2.45, 2.75) is 4.90 Å². The molecule has 0 atom stereocenters. The number of H-pyrrole nitrogens is 1. The van der Waals surface area contributed by atoms with E-state index in [1.807, 2.05) is 6.07 Å². The summed E-state index contributed by atoms with van der Waals surface area (Å²) in [5.41, 5.74) is 1.61. The monoisotopic (exact) mass is 309 g/mol. The molecule has 0 aliphatic carbocycles. The summed E-state index contributed by atoms with van der Waals surface area (Å²) in [6.07, 6.45) is 3.23. The number of pyridine rings is 1. The maximum Gasteiger partial charge on any atom is 0.280 e. The largest absolute Gasteiger partial charge is 0.296 e. The topological polar surface area (TPSA) is 100 Å². The number of nitriles is 1. The number of hydrogen-bond donors (Lipinski definition) is 2. The Labute approximate surface area is 130 Å². The number of nitrogens with one attached hydrogen (secondary N) is 1. The molecule has 108 valence electrons. The highest BCUT2D eigenvalue weighted by atomic mass is 32.2. The molecule has 0 bridgehead atoms. The summed E-state index contributed by atoms with van der Waals surface area (Å²) in [5, 5.41) is 17.2. The van der Waals surface area contributed by atoms with Gasteiger partial charge in [-0.15, -0.1) is 0 Å². The van der Waals surface area contributed by atoms with Crippen LogP contribution in [0.5, 0.6) is 0 Å². The molecular weight excluding hydrogens is 298 g/mol. The van der Waals surface area contributed by atoms with E-state index in [1.54, 1.807) is 48.8 Å². The average molecular weight is 309 g/mol. The Morgan fingerprint density at radius 1 is 1.23 bits per heavy atom. The lowest BCUT2D eigenvalue weighted by molar-refractivity contribution is 0.816. The summed E-state index contributed by atoms with van der Waals surface area (Å²) in [7, 11) is 0. The molecular formula is C15H11N5OS. The first-order chi connectivity index (χ1) is 10.7. The summed E-state index contributed by atoms with van der Waals surface area (Å²) in [6.45, 7) is 0. The second kappa shape index (κ2) is 5.89. The first-order valence-corrected chi connectivity index (χ1v) is 7.25. The lowest BCUT2D eigenvalue weighted by Gasteiger charge is -2.01. The maximum atomic E-state index is 12.5. The van der Waals surface area contributed by atoms with Crippen LogP contribution in [0.25, 0.3) is 16.9 Å². The summed E-state index contributed by atoms with van der Waals surface area (Å²) >= 11 is 1.10. The Balaban J connectivity index is 2.00. The van der Waals surface area contributed by atoms with Gasteiger partial charge in [0.2, 0.25) is 0 Å². The minimum atomic E-state index is -0.203. The molecule has 0 unspecified atom stereocenters. The molecule has 0 radical (unpaired) electrons. The Kier molecular flexibility index (Phi) is 3.78. The van der Waals surface area contributed by atoms with Gasteiger partial charge < -0.3 is 0 Å². The molecule has 3 N–H and O–H groups in total. The zero-order chi connectivity index (χ0) is 15.5. The molecule has 7 heteroatoms. The van der Waals surface area contributed by atoms with E-state index in [-0.39, 0.29) is 5.56 Å². The number of aromatic amines is 1. The molecule has 0 saturated carbocycles. The quantitative estimate of drug-likeness (QED) is 0.721. The van der Waals surface area contributed by atoms with Crippen molar-refractivity contribution in [2.24, 2.45) is 5.14 Å². The van der Waals surface area contributed by atoms with E-state index in [2.05, 4.69) is 10.1 Å². The van der Waals surface area contributed by atoms with Crippen molar-refractivity contribution in [3.63, 3.8) is 0 Å². The predicted molar refractivity (Wildman–Crippen MR) is 84.4 cm³/mol. The fourth-order valence-corrected chi connectivity index (χ4v) is 2.31. The molecule has 0 spiro atoms. The lowest BCUT2D eigenvalue weighted by atomic mass is 10.1. The van der Waals surface area contributed by atoms with Crippen molar-refractivity contribution in [3.8, 4) is 23.0 Å². The zero-order valence-electron chi connectivity index (χ0n) is 11.4. The molecule has 3 aromatic rings. The van der Waals surface area contributed by atoms with E-state index < -0.39 is 0 Å². The average Bonchev–Trinajstić information content (AvgIpc) is 2.96. The van der Waals surface area contributed by atoms with Gasteiger partial charge in [0.05, 0.1) is 17.2 Å². The van der Waals surface area contributed by atoms with Crippen LogP contribution in [0.15, 0.2) is 58.5 Å². The second-order valence-electron chi connectivity index (χ2n) is 4.49. The van der Waals surface area contributed by atoms with Crippen LogP contribution in [-0.4, -0.2) is 14.8 Å². The third-order valence-corrected chi connectivity index (χ3v) is 3.70. The van der Waals surface area contributed by atoms with Gasteiger partial charge >= 0.3 is 0 Å². The summed E-state index contributed by atoms with van der Waals surface area (Å²) in [4.78, 5) is 17.5. The molecule has 0 aliphatic heterocycles. The number of benzene rings is 1. The maximum absolute atomic E-state index is 12.5. The van der Waals surface area contributed by atoms with Gasteiger partial charge in [-0.3, -0.25) is 15.0 Å². The zero-order valence-corrected chi connectivity index (χ0v) is 12.2. The number of hydrogen-bond acceptors (Lipinski definition) is 5. The highest BCUT2D eigenvalue weighted by Crippen LogP contribution is 2.17. The Hall–Kier alpha value is -2.82. The number of aromatic nitrogens is 3. The number of nitrogens with zero attached hydrogens (tertiary/aromatic N) is 3. The van der Waals surface area contributed by atoms with Gasteiger partial charge in [0, 0.05) is 17.3 Å². The molecule has 3 rings (SSSR count). The van der Waals surface area contributed by atoms with Gasteiger partial charge in [0.15, 0.2) is 5.82 Å². The SMILES string of the molecule is N#Cc1ccc(-c2c[nH]n(-c3ccc(SN)cn3)c2=O)cc1. The van der Waals surface area contributed by atoms with E-state index in [9.17, 15) is 4.79 Å². The van der Waals surface area contributed by atoms with E-state index in [4.69, 9.17) is 10.4 Å².